The van der Waals surface area contributed by atoms with E-state index in [0.29, 0.717) is 5.82 Å². The van der Waals surface area contributed by atoms with Crippen molar-refractivity contribution < 1.29 is 4.74 Å². The molecule has 4 nitrogen and oxygen atoms in total. The van der Waals surface area contributed by atoms with E-state index >= 15 is 0 Å². The Morgan fingerprint density at radius 1 is 1.26 bits per heavy atom. The number of aromatic amines is 1. The Morgan fingerprint density at radius 2 is 2.11 bits per heavy atom. The van der Waals surface area contributed by atoms with E-state index in [1.54, 1.807) is 6.08 Å². The van der Waals surface area contributed by atoms with Crippen molar-refractivity contribution >= 4 is 12.2 Å². The van der Waals surface area contributed by atoms with Crippen molar-refractivity contribution in [3.05, 3.63) is 58.3 Å². The molecule has 0 spiro atoms. The Balaban J connectivity index is 2.16. The molecule has 0 bridgehead atoms. The minimum absolute atomic E-state index is 0.145. The normalized spacial score (nSPS) is 11.1. The van der Waals surface area contributed by atoms with Crippen LogP contribution in [0.3, 0.4) is 0 Å². The molecule has 0 aliphatic rings. The molecular formula is C15H16N2O2. The number of H-pyrrole nitrogens is 1. The summed E-state index contributed by atoms with van der Waals surface area (Å²) in [4.78, 5) is 17.8. The fourth-order valence-electron chi connectivity index (χ4n) is 1.61. The second kappa shape index (κ2) is 6.00. The number of hydrogen-bond donors (Lipinski definition) is 1. The van der Waals surface area contributed by atoms with Crippen LogP contribution in [-0.4, -0.2) is 16.1 Å². The van der Waals surface area contributed by atoms with Gasteiger partial charge in [-0.05, 0) is 37.6 Å². The summed E-state index contributed by atoms with van der Waals surface area (Å²) in [6.07, 6.45) is 5.27. The molecule has 0 saturated heterocycles. The van der Waals surface area contributed by atoms with E-state index in [2.05, 4.69) is 9.97 Å². The monoisotopic (exact) mass is 256 g/mol. The van der Waals surface area contributed by atoms with E-state index in [0.717, 1.165) is 11.3 Å². The minimum atomic E-state index is -0.161. The van der Waals surface area contributed by atoms with Crippen LogP contribution in [0.5, 0.6) is 5.75 Å². The Labute approximate surface area is 111 Å². The molecule has 2 aromatic rings. The molecule has 0 saturated carbocycles. The molecule has 1 N–H and O–H groups in total. The van der Waals surface area contributed by atoms with Crippen LogP contribution < -0.4 is 10.3 Å². The predicted molar refractivity (Wildman–Crippen MR) is 76.0 cm³/mol. The van der Waals surface area contributed by atoms with Crippen LogP contribution >= 0.6 is 0 Å². The largest absolute Gasteiger partial charge is 0.491 e. The second-order valence-electron chi connectivity index (χ2n) is 4.39. The number of nitrogens with zero attached hydrogens (tertiary/aromatic N) is 1. The van der Waals surface area contributed by atoms with Crippen molar-refractivity contribution in [3.63, 3.8) is 0 Å². The fourth-order valence-corrected chi connectivity index (χ4v) is 1.61. The number of benzene rings is 1. The zero-order chi connectivity index (χ0) is 13.7. The van der Waals surface area contributed by atoms with Gasteiger partial charge in [0.25, 0.3) is 5.56 Å². The Morgan fingerprint density at radius 3 is 2.84 bits per heavy atom. The predicted octanol–water partition coefficient (Wildman–Crippen LogP) is 2.73. The van der Waals surface area contributed by atoms with E-state index in [1.807, 2.05) is 44.2 Å². The molecule has 4 heteroatoms. The molecule has 0 atom stereocenters. The molecule has 1 aromatic carbocycles. The first kappa shape index (κ1) is 13.1. The van der Waals surface area contributed by atoms with Gasteiger partial charge in [-0.2, -0.15) is 0 Å². The molecule has 19 heavy (non-hydrogen) atoms. The number of hydrogen-bond acceptors (Lipinski definition) is 3. The molecule has 1 aromatic heterocycles. The molecule has 2 rings (SSSR count). The van der Waals surface area contributed by atoms with Gasteiger partial charge >= 0.3 is 0 Å². The smallest absolute Gasteiger partial charge is 0.251 e. The maximum atomic E-state index is 11.1. The molecule has 0 aliphatic carbocycles. The van der Waals surface area contributed by atoms with Crippen molar-refractivity contribution in [2.24, 2.45) is 0 Å². The highest BCUT2D eigenvalue weighted by atomic mass is 16.5. The molecule has 1 heterocycles. The summed E-state index contributed by atoms with van der Waals surface area (Å²) < 4.78 is 5.62. The summed E-state index contributed by atoms with van der Waals surface area (Å²) >= 11 is 0. The minimum Gasteiger partial charge on any atom is -0.491 e. The molecule has 98 valence electrons. The Kier molecular flexibility index (Phi) is 4.13. The maximum absolute atomic E-state index is 11.1. The highest BCUT2D eigenvalue weighted by Gasteiger charge is 1.97. The summed E-state index contributed by atoms with van der Waals surface area (Å²) in [5.74, 6) is 1.36. The zero-order valence-corrected chi connectivity index (χ0v) is 11.0. The second-order valence-corrected chi connectivity index (χ2v) is 4.39. The SMILES string of the molecule is CC(C)Oc1cccc(C=Cc2nccc(=O)[nH]2)c1. The quantitative estimate of drug-likeness (QED) is 0.915. The van der Waals surface area contributed by atoms with Gasteiger partial charge < -0.3 is 9.72 Å². The van der Waals surface area contributed by atoms with Crippen LogP contribution in [0.15, 0.2) is 41.3 Å². The highest BCUT2D eigenvalue weighted by Crippen LogP contribution is 2.16. The summed E-state index contributed by atoms with van der Waals surface area (Å²) in [5, 5.41) is 0. The number of rotatable bonds is 4. The van der Waals surface area contributed by atoms with Crippen molar-refractivity contribution in [3.8, 4) is 5.75 Å². The fraction of sp³-hybridized carbons (Fsp3) is 0.200. The van der Waals surface area contributed by atoms with E-state index in [9.17, 15) is 4.79 Å². The van der Waals surface area contributed by atoms with Crippen molar-refractivity contribution in [2.45, 2.75) is 20.0 Å². The van der Waals surface area contributed by atoms with E-state index in [4.69, 9.17) is 4.74 Å². The topological polar surface area (TPSA) is 55.0 Å². The number of aromatic nitrogens is 2. The highest BCUT2D eigenvalue weighted by molar-refractivity contribution is 5.67. The zero-order valence-electron chi connectivity index (χ0n) is 11.0. The first-order chi connectivity index (χ1) is 9.13. The van der Waals surface area contributed by atoms with Crippen molar-refractivity contribution in [1.82, 2.24) is 9.97 Å². The van der Waals surface area contributed by atoms with Crippen LogP contribution in [0, 0.1) is 0 Å². The van der Waals surface area contributed by atoms with Crippen LogP contribution in [0.1, 0.15) is 25.2 Å². The van der Waals surface area contributed by atoms with Gasteiger partial charge in [0, 0.05) is 12.3 Å². The van der Waals surface area contributed by atoms with Gasteiger partial charge in [-0.3, -0.25) is 4.79 Å². The van der Waals surface area contributed by atoms with Crippen LogP contribution in [0.25, 0.3) is 12.2 Å². The molecule has 0 unspecified atom stereocenters. The molecule has 0 fully saturated rings. The van der Waals surface area contributed by atoms with Crippen LogP contribution in [-0.2, 0) is 0 Å². The van der Waals surface area contributed by atoms with E-state index in [1.165, 1.54) is 12.3 Å². The Hall–Kier alpha value is -2.36. The van der Waals surface area contributed by atoms with E-state index in [-0.39, 0.29) is 11.7 Å². The van der Waals surface area contributed by atoms with Crippen LogP contribution in [0.4, 0.5) is 0 Å². The third kappa shape index (κ3) is 4.10. The van der Waals surface area contributed by atoms with Gasteiger partial charge in [-0.15, -0.1) is 0 Å². The van der Waals surface area contributed by atoms with Crippen molar-refractivity contribution in [2.75, 3.05) is 0 Å². The van der Waals surface area contributed by atoms with Crippen LogP contribution in [0.2, 0.25) is 0 Å². The third-order valence-corrected chi connectivity index (χ3v) is 2.35. The van der Waals surface area contributed by atoms with Gasteiger partial charge in [-0.25, -0.2) is 4.98 Å². The lowest BCUT2D eigenvalue weighted by atomic mass is 10.2. The van der Waals surface area contributed by atoms with E-state index < -0.39 is 0 Å². The molecular weight excluding hydrogens is 240 g/mol. The lowest BCUT2D eigenvalue weighted by Crippen LogP contribution is -2.05. The summed E-state index contributed by atoms with van der Waals surface area (Å²) in [6, 6.07) is 9.13. The third-order valence-electron chi connectivity index (χ3n) is 2.35. The standard InChI is InChI=1S/C15H16N2O2/c1-11(2)19-13-5-3-4-12(10-13)6-7-14-16-9-8-15(18)17-14/h3-11H,1-2H3,(H,16,17,18). The van der Waals surface area contributed by atoms with Gasteiger partial charge in [0.1, 0.15) is 11.6 Å². The van der Waals surface area contributed by atoms with Gasteiger partial charge in [-0.1, -0.05) is 18.2 Å². The lowest BCUT2D eigenvalue weighted by Gasteiger charge is -2.09. The Bertz CT molecular complexity index is 630. The summed E-state index contributed by atoms with van der Waals surface area (Å²) in [5.41, 5.74) is 0.830. The van der Waals surface area contributed by atoms with Gasteiger partial charge in [0.15, 0.2) is 0 Å². The first-order valence-corrected chi connectivity index (χ1v) is 6.13. The van der Waals surface area contributed by atoms with Crippen molar-refractivity contribution in [1.29, 1.82) is 0 Å². The summed E-state index contributed by atoms with van der Waals surface area (Å²) in [6.45, 7) is 3.97. The first-order valence-electron chi connectivity index (χ1n) is 6.13. The average molecular weight is 256 g/mol. The average Bonchev–Trinajstić information content (AvgIpc) is 2.36. The summed E-state index contributed by atoms with van der Waals surface area (Å²) in [7, 11) is 0. The molecule has 0 radical (unpaired) electrons. The number of ether oxygens (including phenoxy) is 1. The number of nitrogens with one attached hydrogen (secondary N) is 1. The lowest BCUT2D eigenvalue weighted by molar-refractivity contribution is 0.242. The molecule has 0 amide bonds. The maximum Gasteiger partial charge on any atom is 0.251 e. The van der Waals surface area contributed by atoms with Gasteiger partial charge in [0.05, 0.1) is 6.10 Å². The molecule has 0 aliphatic heterocycles. The van der Waals surface area contributed by atoms with Gasteiger partial charge in [0.2, 0.25) is 0 Å².